The van der Waals surface area contributed by atoms with Gasteiger partial charge in [0.2, 0.25) is 0 Å². The van der Waals surface area contributed by atoms with Crippen molar-refractivity contribution in [3.05, 3.63) is 35.9 Å². The topological polar surface area (TPSA) is 48.0 Å². The van der Waals surface area contributed by atoms with Crippen molar-refractivity contribution in [2.75, 3.05) is 19.8 Å². The van der Waals surface area contributed by atoms with Crippen molar-refractivity contribution in [1.29, 1.82) is 0 Å². The quantitative estimate of drug-likeness (QED) is 0.642. The fourth-order valence-electron chi connectivity index (χ4n) is 2.99. The number of benzene rings is 1. The van der Waals surface area contributed by atoms with Gasteiger partial charge in [0.25, 0.3) is 0 Å². The highest BCUT2D eigenvalue weighted by molar-refractivity contribution is 5.69. The zero-order valence-corrected chi connectivity index (χ0v) is 17.1. The number of carbonyl (C=O) groups excluding carboxylic acids is 1. The third-order valence-electron chi connectivity index (χ3n) is 4.31. The lowest BCUT2D eigenvalue weighted by Gasteiger charge is -2.36. The summed E-state index contributed by atoms with van der Waals surface area (Å²) in [7, 11) is 0. The molecule has 0 spiro atoms. The van der Waals surface area contributed by atoms with Gasteiger partial charge in [0.15, 0.2) is 6.61 Å². The number of ether oxygens (including phenoxy) is 3. The highest BCUT2D eigenvalue weighted by atomic mass is 19.4. The van der Waals surface area contributed by atoms with Crippen molar-refractivity contribution in [3.8, 4) is 5.75 Å². The van der Waals surface area contributed by atoms with Crippen LogP contribution in [0.2, 0.25) is 0 Å². The molecular formula is C21H28F3NO4. The van der Waals surface area contributed by atoms with Crippen molar-refractivity contribution in [2.45, 2.75) is 58.0 Å². The smallest absolute Gasteiger partial charge is 0.422 e. The van der Waals surface area contributed by atoms with Gasteiger partial charge in [-0.2, -0.15) is 13.2 Å². The second-order valence-corrected chi connectivity index (χ2v) is 7.93. The Balaban J connectivity index is 2.31. The van der Waals surface area contributed by atoms with Crippen LogP contribution in [0.1, 0.15) is 44.7 Å². The molecule has 0 aliphatic carbocycles. The Morgan fingerprint density at radius 1 is 1.28 bits per heavy atom. The Kier molecular flexibility index (Phi) is 7.57. The second kappa shape index (κ2) is 9.52. The van der Waals surface area contributed by atoms with Crippen LogP contribution in [-0.2, 0) is 16.0 Å². The van der Waals surface area contributed by atoms with Gasteiger partial charge < -0.3 is 19.1 Å². The van der Waals surface area contributed by atoms with Crippen LogP contribution in [0.15, 0.2) is 24.8 Å². The lowest BCUT2D eigenvalue weighted by atomic mass is 10.0. The molecule has 8 heteroatoms. The predicted octanol–water partition coefficient (Wildman–Crippen LogP) is 5.19. The van der Waals surface area contributed by atoms with Crippen molar-refractivity contribution >= 4 is 12.2 Å². The first kappa shape index (κ1) is 23.1. The van der Waals surface area contributed by atoms with Gasteiger partial charge in [0.1, 0.15) is 11.4 Å². The average molecular weight is 415 g/mol. The Morgan fingerprint density at radius 3 is 2.48 bits per heavy atom. The number of amides is 1. The van der Waals surface area contributed by atoms with E-state index in [9.17, 15) is 18.0 Å². The fraction of sp³-hybridized carbons (Fsp3) is 0.571. The maximum atomic E-state index is 12.9. The number of carbonyl (C=O) groups is 1. The van der Waals surface area contributed by atoms with Gasteiger partial charge in [0, 0.05) is 24.8 Å². The maximum Gasteiger partial charge on any atom is 0.422 e. The SMILES string of the molecule is C=Cc1ccc(OCC(F)(F)F)c(CN(C(=O)OC(C)(C)C)C2CCOCC2)c1. The highest BCUT2D eigenvalue weighted by Crippen LogP contribution is 2.28. The molecule has 1 aromatic carbocycles. The van der Waals surface area contributed by atoms with E-state index in [0.717, 1.165) is 5.56 Å². The third kappa shape index (κ3) is 7.61. The minimum absolute atomic E-state index is 0.0639. The van der Waals surface area contributed by atoms with Crippen LogP contribution in [0.4, 0.5) is 18.0 Å². The van der Waals surface area contributed by atoms with E-state index in [4.69, 9.17) is 14.2 Å². The van der Waals surface area contributed by atoms with E-state index in [-0.39, 0.29) is 18.3 Å². The van der Waals surface area contributed by atoms with Crippen molar-refractivity contribution in [3.63, 3.8) is 0 Å². The standard InChI is InChI=1S/C21H28F3NO4/c1-5-15-6-7-18(28-14-21(22,23)24)16(12-15)13-25(17-8-10-27-11-9-17)19(26)29-20(2,3)4/h5-7,12,17H,1,8-11,13-14H2,2-4H3. The monoisotopic (exact) mass is 415 g/mol. The fourth-order valence-corrected chi connectivity index (χ4v) is 2.99. The molecule has 5 nitrogen and oxygen atoms in total. The van der Waals surface area contributed by atoms with Gasteiger partial charge in [-0.05, 0) is 51.3 Å². The number of halogens is 3. The van der Waals surface area contributed by atoms with Crippen molar-refractivity contribution in [2.24, 2.45) is 0 Å². The Morgan fingerprint density at radius 2 is 1.93 bits per heavy atom. The zero-order valence-electron chi connectivity index (χ0n) is 17.1. The summed E-state index contributed by atoms with van der Waals surface area (Å²) < 4.78 is 53.9. The van der Waals surface area contributed by atoms with Crippen molar-refractivity contribution < 1.29 is 32.2 Å². The van der Waals surface area contributed by atoms with Crippen LogP contribution in [-0.4, -0.2) is 48.6 Å². The number of alkyl halides is 3. The molecule has 1 fully saturated rings. The molecule has 0 atom stereocenters. The van der Waals surface area contributed by atoms with Gasteiger partial charge in [-0.1, -0.05) is 18.7 Å². The number of nitrogens with zero attached hydrogens (tertiary/aromatic N) is 1. The van der Waals surface area contributed by atoms with Crippen LogP contribution in [0.25, 0.3) is 6.08 Å². The van der Waals surface area contributed by atoms with Crippen molar-refractivity contribution in [1.82, 2.24) is 4.90 Å². The molecule has 29 heavy (non-hydrogen) atoms. The van der Waals surface area contributed by atoms with E-state index in [1.165, 1.54) is 6.07 Å². The largest absolute Gasteiger partial charge is 0.484 e. The van der Waals surface area contributed by atoms with E-state index in [1.54, 1.807) is 43.9 Å². The molecule has 0 unspecified atom stereocenters. The van der Waals surface area contributed by atoms with Crippen LogP contribution >= 0.6 is 0 Å². The van der Waals surface area contributed by atoms with Gasteiger partial charge >= 0.3 is 12.3 Å². The van der Waals surface area contributed by atoms with E-state index >= 15 is 0 Å². The van der Waals surface area contributed by atoms with Crippen LogP contribution < -0.4 is 4.74 Å². The molecule has 162 valence electrons. The minimum Gasteiger partial charge on any atom is -0.484 e. The molecule has 1 saturated heterocycles. The summed E-state index contributed by atoms with van der Waals surface area (Å²) in [5.41, 5.74) is 0.485. The lowest BCUT2D eigenvalue weighted by Crippen LogP contribution is -2.45. The first-order valence-corrected chi connectivity index (χ1v) is 9.51. The Bertz CT molecular complexity index is 707. The molecular weight excluding hydrogens is 387 g/mol. The summed E-state index contributed by atoms with van der Waals surface area (Å²) in [6, 6.07) is 4.63. The Labute approximate surface area is 169 Å². The summed E-state index contributed by atoms with van der Waals surface area (Å²) in [4.78, 5) is 14.4. The average Bonchev–Trinajstić information content (AvgIpc) is 2.63. The number of hydrogen-bond acceptors (Lipinski definition) is 4. The second-order valence-electron chi connectivity index (χ2n) is 7.93. The first-order valence-electron chi connectivity index (χ1n) is 9.51. The molecule has 0 saturated carbocycles. The number of rotatable bonds is 6. The van der Waals surface area contributed by atoms with E-state index < -0.39 is 24.5 Å². The summed E-state index contributed by atoms with van der Waals surface area (Å²) in [5, 5.41) is 0. The summed E-state index contributed by atoms with van der Waals surface area (Å²) in [6.07, 6.45) is -2.14. The third-order valence-corrected chi connectivity index (χ3v) is 4.31. The first-order chi connectivity index (χ1) is 13.5. The van der Waals surface area contributed by atoms with Gasteiger partial charge in [-0.25, -0.2) is 4.79 Å². The highest BCUT2D eigenvalue weighted by Gasteiger charge is 2.32. The lowest BCUT2D eigenvalue weighted by molar-refractivity contribution is -0.153. The summed E-state index contributed by atoms with van der Waals surface area (Å²) >= 11 is 0. The number of hydrogen-bond donors (Lipinski definition) is 0. The summed E-state index contributed by atoms with van der Waals surface area (Å²) in [5.74, 6) is 0.0774. The normalized spacial score (nSPS) is 15.7. The molecule has 1 aromatic rings. The molecule has 0 N–H and O–H groups in total. The Hall–Kier alpha value is -2.22. The maximum absolute atomic E-state index is 12.9. The van der Waals surface area contributed by atoms with E-state index in [0.29, 0.717) is 31.6 Å². The molecule has 0 radical (unpaired) electrons. The molecule has 2 rings (SSSR count). The molecule has 1 heterocycles. The molecule has 0 aromatic heterocycles. The zero-order chi connectivity index (χ0) is 21.7. The molecule has 1 aliphatic heterocycles. The van der Waals surface area contributed by atoms with Crippen LogP contribution in [0.3, 0.4) is 0 Å². The predicted molar refractivity (Wildman–Crippen MR) is 104 cm³/mol. The van der Waals surface area contributed by atoms with Gasteiger partial charge in [-0.3, -0.25) is 0 Å². The van der Waals surface area contributed by atoms with E-state index in [2.05, 4.69) is 6.58 Å². The molecule has 0 bridgehead atoms. The van der Waals surface area contributed by atoms with Gasteiger partial charge in [-0.15, -0.1) is 0 Å². The van der Waals surface area contributed by atoms with Crippen LogP contribution in [0.5, 0.6) is 5.75 Å². The van der Waals surface area contributed by atoms with Crippen LogP contribution in [0, 0.1) is 0 Å². The van der Waals surface area contributed by atoms with Gasteiger partial charge in [0.05, 0.1) is 6.54 Å². The molecule has 1 amide bonds. The summed E-state index contributed by atoms with van der Waals surface area (Å²) in [6.45, 7) is 8.67. The van der Waals surface area contributed by atoms with E-state index in [1.807, 2.05) is 0 Å². The molecule has 1 aliphatic rings. The minimum atomic E-state index is -4.46.